The Morgan fingerprint density at radius 1 is 0.417 bits per heavy atom. The van der Waals surface area contributed by atoms with Gasteiger partial charge in [-0.2, -0.15) is 0 Å². The highest BCUT2D eigenvalue weighted by atomic mass is 16.3. The Bertz CT molecular complexity index is 230. The Kier molecular flexibility index (Phi) is 28.6. The Morgan fingerprint density at radius 2 is 0.708 bits per heavy atom. The maximum Gasteiger partial charge on any atom is 0.317 e. The van der Waals surface area contributed by atoms with Crippen LogP contribution in [0.3, 0.4) is 0 Å². The largest absolute Gasteiger partial charge is 0.317 e. The van der Waals surface area contributed by atoms with Gasteiger partial charge in [-0.15, -0.1) is 0 Å². The molecule has 0 aliphatic rings. The number of unbranched alkanes of at least 4 members (excludes halogenated alkanes) is 12. The minimum atomic E-state index is 1.36. The summed E-state index contributed by atoms with van der Waals surface area (Å²) in [6.45, 7) is 9.05. The second-order valence-electron chi connectivity index (χ2n) is 6.52. The molecule has 0 aliphatic heterocycles. The zero-order chi connectivity index (χ0) is 18.1. The maximum absolute atomic E-state index is 4.68. The summed E-state index contributed by atoms with van der Waals surface area (Å²) < 4.78 is 4.68. The van der Waals surface area contributed by atoms with Gasteiger partial charge < -0.3 is 0 Å². The molecule has 0 radical (unpaired) electrons. The highest BCUT2D eigenvalue weighted by Crippen LogP contribution is 2.07. The molecule has 24 heavy (non-hydrogen) atoms. The smallest absolute Gasteiger partial charge is 0.224 e. The molecule has 0 spiro atoms. The van der Waals surface area contributed by atoms with Crippen LogP contribution in [0.15, 0.2) is 35.1 Å². The fourth-order valence-electron chi connectivity index (χ4n) is 2.35. The quantitative estimate of drug-likeness (QED) is 0.273. The topological polar surface area (TPSA) is 11.3 Å². The Morgan fingerprint density at radius 3 is 0.875 bits per heavy atom. The fraction of sp³-hybridized carbons (Fsp3) is 0.783. The van der Waals surface area contributed by atoms with Crippen molar-refractivity contribution in [1.82, 2.24) is 0 Å². The lowest BCUT2D eigenvalue weighted by molar-refractivity contribution is 0.550. The predicted octanol–water partition coefficient (Wildman–Crippen LogP) is 9.07. The van der Waals surface area contributed by atoms with Crippen molar-refractivity contribution in [3.63, 3.8) is 0 Å². The first-order chi connectivity index (χ1) is 11.8. The molecule has 0 saturated heterocycles. The molecule has 1 aromatic rings. The van der Waals surface area contributed by atoms with Crippen molar-refractivity contribution in [2.24, 2.45) is 0 Å². The van der Waals surface area contributed by atoms with E-state index >= 15 is 0 Å². The number of rotatable bonds is 12. The summed E-state index contributed by atoms with van der Waals surface area (Å²) in [6, 6.07) is 5.57. The SMILES string of the molecule is CCCCCCCC.CCCCCCCCCC.c1cc[o+]cc1. The monoisotopic (exact) mass is 337 g/mol. The molecular formula is C23H45O+. The molecule has 0 aromatic carbocycles. The molecule has 142 valence electrons. The van der Waals surface area contributed by atoms with E-state index in [2.05, 4.69) is 32.1 Å². The van der Waals surface area contributed by atoms with Crippen LogP contribution in [0.2, 0.25) is 0 Å². The van der Waals surface area contributed by atoms with E-state index in [0.29, 0.717) is 0 Å². The van der Waals surface area contributed by atoms with Gasteiger partial charge in [-0.3, -0.25) is 0 Å². The molecule has 0 saturated carbocycles. The summed E-state index contributed by atoms with van der Waals surface area (Å²) in [5.74, 6) is 0. The predicted molar refractivity (Wildman–Crippen MR) is 110 cm³/mol. The Hall–Kier alpha value is -0.850. The molecule has 0 fully saturated rings. The summed E-state index contributed by atoms with van der Waals surface area (Å²) in [6.07, 6.45) is 23.2. The van der Waals surface area contributed by atoms with E-state index in [1.807, 2.05) is 18.2 Å². The molecule has 1 heterocycles. The van der Waals surface area contributed by atoms with E-state index in [1.165, 1.54) is 89.9 Å². The van der Waals surface area contributed by atoms with Crippen LogP contribution in [0.5, 0.6) is 0 Å². The van der Waals surface area contributed by atoms with E-state index in [4.69, 9.17) is 0 Å². The van der Waals surface area contributed by atoms with E-state index in [0.717, 1.165) is 0 Å². The van der Waals surface area contributed by atoms with Gasteiger partial charge in [0.1, 0.15) is 0 Å². The number of hydrogen-bond donors (Lipinski definition) is 0. The zero-order valence-electron chi connectivity index (χ0n) is 17.2. The standard InChI is InChI=1S/C10H22.C8H18.C5H5O/c1-3-5-7-9-10-8-6-4-2;1-3-5-7-8-6-4-2;1-2-4-6-5-3-1/h3-10H2,1-2H3;3-8H2,1-2H3;1-5H/q;;+1. The summed E-state index contributed by atoms with van der Waals surface area (Å²) in [5.41, 5.74) is 0. The second kappa shape index (κ2) is 27.0. The van der Waals surface area contributed by atoms with Crippen molar-refractivity contribution in [2.75, 3.05) is 0 Å². The van der Waals surface area contributed by atoms with Crippen LogP contribution in [0, 0.1) is 0 Å². The number of hydrogen-bond acceptors (Lipinski definition) is 0. The van der Waals surface area contributed by atoms with E-state index in [-0.39, 0.29) is 0 Å². The average molecular weight is 338 g/mol. The summed E-state index contributed by atoms with van der Waals surface area (Å²) in [7, 11) is 0. The third-order valence-electron chi connectivity index (χ3n) is 3.95. The summed E-state index contributed by atoms with van der Waals surface area (Å²) >= 11 is 0. The van der Waals surface area contributed by atoms with Crippen molar-refractivity contribution in [3.8, 4) is 0 Å². The summed E-state index contributed by atoms with van der Waals surface area (Å²) in [4.78, 5) is 0. The van der Waals surface area contributed by atoms with Gasteiger partial charge in [-0.05, 0) is 6.07 Å². The first-order valence-corrected chi connectivity index (χ1v) is 10.6. The molecule has 0 aliphatic carbocycles. The first-order valence-electron chi connectivity index (χ1n) is 10.6. The van der Waals surface area contributed by atoms with Crippen LogP contribution in [-0.2, 0) is 0 Å². The molecule has 0 atom stereocenters. The van der Waals surface area contributed by atoms with Crippen LogP contribution in [0.1, 0.15) is 118 Å². The minimum absolute atomic E-state index is 1.36. The van der Waals surface area contributed by atoms with Gasteiger partial charge >= 0.3 is 12.5 Å². The van der Waals surface area contributed by atoms with E-state index in [9.17, 15) is 0 Å². The van der Waals surface area contributed by atoms with E-state index < -0.39 is 0 Å². The average Bonchev–Trinajstić information content (AvgIpc) is 2.64. The molecule has 0 amide bonds. The highest BCUT2D eigenvalue weighted by molar-refractivity contribution is 4.84. The van der Waals surface area contributed by atoms with Crippen LogP contribution < -0.4 is 0 Å². The Labute approximate surface area is 153 Å². The van der Waals surface area contributed by atoms with Crippen LogP contribution in [-0.4, -0.2) is 0 Å². The third kappa shape index (κ3) is 29.2. The second-order valence-corrected chi connectivity index (χ2v) is 6.52. The molecule has 0 N–H and O–H groups in total. The van der Waals surface area contributed by atoms with Crippen molar-refractivity contribution < 1.29 is 4.42 Å². The molecule has 0 unspecified atom stereocenters. The van der Waals surface area contributed by atoms with Gasteiger partial charge in [0.25, 0.3) is 0 Å². The van der Waals surface area contributed by atoms with Gasteiger partial charge in [0, 0.05) is 12.1 Å². The summed E-state index contributed by atoms with van der Waals surface area (Å²) in [5, 5.41) is 0. The molecule has 0 bridgehead atoms. The van der Waals surface area contributed by atoms with Crippen molar-refractivity contribution >= 4 is 0 Å². The molecule has 1 heteroatoms. The van der Waals surface area contributed by atoms with Crippen LogP contribution in [0.4, 0.5) is 0 Å². The Balaban J connectivity index is 0. The van der Waals surface area contributed by atoms with Crippen molar-refractivity contribution in [2.45, 2.75) is 118 Å². The van der Waals surface area contributed by atoms with Gasteiger partial charge in [0.15, 0.2) is 0 Å². The third-order valence-corrected chi connectivity index (χ3v) is 3.95. The molecule has 1 nitrogen and oxygen atoms in total. The molecule has 1 rings (SSSR count). The van der Waals surface area contributed by atoms with Crippen LogP contribution in [0.25, 0.3) is 0 Å². The maximum atomic E-state index is 4.68. The van der Waals surface area contributed by atoms with Crippen LogP contribution >= 0.6 is 0 Å². The first kappa shape index (κ1) is 25.4. The molecular weight excluding hydrogens is 292 g/mol. The lowest BCUT2D eigenvalue weighted by Gasteiger charge is -1.97. The van der Waals surface area contributed by atoms with Gasteiger partial charge in [0.2, 0.25) is 0 Å². The van der Waals surface area contributed by atoms with Crippen molar-refractivity contribution in [3.05, 3.63) is 30.7 Å². The minimum Gasteiger partial charge on any atom is -0.224 e. The van der Waals surface area contributed by atoms with Gasteiger partial charge in [-0.1, -0.05) is 118 Å². The fourth-order valence-corrected chi connectivity index (χ4v) is 2.35. The van der Waals surface area contributed by atoms with E-state index in [1.54, 1.807) is 12.5 Å². The molecule has 1 aromatic heterocycles. The lowest BCUT2D eigenvalue weighted by atomic mass is 10.1. The zero-order valence-corrected chi connectivity index (χ0v) is 17.2. The van der Waals surface area contributed by atoms with Gasteiger partial charge in [0.05, 0.1) is 0 Å². The van der Waals surface area contributed by atoms with Crippen molar-refractivity contribution in [1.29, 1.82) is 0 Å². The highest BCUT2D eigenvalue weighted by Gasteiger charge is 1.87. The van der Waals surface area contributed by atoms with Gasteiger partial charge in [-0.25, -0.2) is 4.42 Å². The lowest BCUT2D eigenvalue weighted by Crippen LogP contribution is -1.77. The normalized spacial score (nSPS) is 9.50.